The maximum Gasteiger partial charge on any atom is 0.164 e. The minimum Gasteiger partial charge on any atom is -0.493 e. The van der Waals surface area contributed by atoms with Crippen LogP contribution < -0.4 is 9.47 Å². The molecular weight excluding hydrogens is 477 g/mol. The Hall–Kier alpha value is -2.40. The van der Waals surface area contributed by atoms with Crippen molar-refractivity contribution in [2.24, 2.45) is 11.3 Å². The van der Waals surface area contributed by atoms with Gasteiger partial charge in [0, 0.05) is 23.9 Å². The van der Waals surface area contributed by atoms with Crippen LogP contribution in [-0.2, 0) is 11.2 Å². The summed E-state index contributed by atoms with van der Waals surface area (Å²) in [7, 11) is 3.36. The van der Waals surface area contributed by atoms with Crippen LogP contribution in [0.2, 0.25) is 0 Å². The van der Waals surface area contributed by atoms with Gasteiger partial charge in [-0.25, -0.2) is 4.39 Å². The van der Waals surface area contributed by atoms with Crippen molar-refractivity contribution < 1.29 is 18.7 Å². The number of ether oxygens (including phenoxy) is 2. The number of Topliss-reactive ketones (excluding diaryl/α,β-unsaturated/α-hetero) is 1. The molecule has 0 spiro atoms. The van der Waals surface area contributed by atoms with Crippen molar-refractivity contribution in [1.82, 2.24) is 4.90 Å². The molecule has 1 saturated heterocycles. The van der Waals surface area contributed by atoms with E-state index in [0.29, 0.717) is 18.1 Å². The first-order chi connectivity index (χ1) is 18.3. The van der Waals surface area contributed by atoms with Crippen LogP contribution in [-0.4, -0.2) is 44.5 Å². The van der Waals surface area contributed by atoms with Gasteiger partial charge in [-0.05, 0) is 74.4 Å². The molecule has 1 aliphatic heterocycles. The van der Waals surface area contributed by atoms with Crippen LogP contribution in [0.5, 0.6) is 11.5 Å². The molecule has 2 aromatic carbocycles. The summed E-state index contributed by atoms with van der Waals surface area (Å²) in [5.41, 5.74) is 1.93. The summed E-state index contributed by atoms with van der Waals surface area (Å²) in [5.74, 6) is 2.14. The van der Waals surface area contributed by atoms with Gasteiger partial charge in [0.05, 0.1) is 14.2 Å². The second-order valence-electron chi connectivity index (χ2n) is 11.6. The highest BCUT2D eigenvalue weighted by molar-refractivity contribution is 5.85. The number of carbonyl (C=O) groups excluding carboxylic acids is 1. The molecule has 0 radical (unpaired) electrons. The summed E-state index contributed by atoms with van der Waals surface area (Å²) in [6.07, 6.45) is 9.20. The van der Waals surface area contributed by atoms with Gasteiger partial charge in [0.1, 0.15) is 11.6 Å². The summed E-state index contributed by atoms with van der Waals surface area (Å²) < 4.78 is 24.7. The average Bonchev–Trinajstić information content (AvgIpc) is 2.93. The monoisotopic (exact) mass is 525 g/mol. The fourth-order valence-corrected chi connectivity index (χ4v) is 5.86. The Labute approximate surface area is 229 Å². The van der Waals surface area contributed by atoms with E-state index < -0.39 is 0 Å². The number of unbranched alkanes of at least 4 members (excludes halogenated alkanes) is 3. The van der Waals surface area contributed by atoms with Gasteiger partial charge in [-0.3, -0.25) is 4.79 Å². The molecule has 1 atom stereocenters. The maximum atomic E-state index is 13.7. The van der Waals surface area contributed by atoms with Crippen molar-refractivity contribution in [2.45, 2.75) is 84.5 Å². The molecule has 1 aliphatic rings. The molecule has 1 heterocycles. The lowest BCUT2D eigenvalue weighted by Crippen LogP contribution is -2.38. The Bertz CT molecular complexity index is 996. The zero-order chi connectivity index (χ0) is 27.5. The van der Waals surface area contributed by atoms with E-state index in [1.807, 2.05) is 24.3 Å². The molecule has 210 valence electrons. The standard InChI is InChI=1S/C33H48FNO3/c1-6-7-8-9-20-33(2,3)31(36)24-29(28-11-10-12-30(37-4)32(28)38-5)26-18-22-35(23-19-26)21-17-25-13-15-27(34)16-14-25/h10-16,26,29H,6-9,17-24H2,1-5H3/t29-/m1/s1. The molecule has 4 nitrogen and oxygen atoms in total. The molecule has 3 rings (SSSR count). The number of methoxy groups -OCH3 is 2. The van der Waals surface area contributed by atoms with E-state index in [1.54, 1.807) is 14.2 Å². The van der Waals surface area contributed by atoms with E-state index in [2.05, 4.69) is 31.7 Å². The Kier molecular flexibility index (Phi) is 11.6. The van der Waals surface area contributed by atoms with Gasteiger partial charge >= 0.3 is 0 Å². The van der Waals surface area contributed by atoms with Gasteiger partial charge in [-0.2, -0.15) is 0 Å². The number of likely N-dealkylation sites (tertiary alicyclic amines) is 1. The van der Waals surface area contributed by atoms with Gasteiger partial charge in [0.15, 0.2) is 11.5 Å². The zero-order valence-electron chi connectivity index (χ0n) is 24.2. The highest BCUT2D eigenvalue weighted by atomic mass is 19.1. The normalized spacial score (nSPS) is 15.8. The third-order valence-electron chi connectivity index (χ3n) is 8.48. The Morgan fingerprint density at radius 1 is 1.03 bits per heavy atom. The van der Waals surface area contributed by atoms with Crippen LogP contribution >= 0.6 is 0 Å². The number of piperidine rings is 1. The first kappa shape index (κ1) is 30.1. The highest BCUT2D eigenvalue weighted by Crippen LogP contribution is 2.44. The van der Waals surface area contributed by atoms with Crippen LogP contribution in [0.15, 0.2) is 42.5 Å². The second-order valence-corrected chi connectivity index (χ2v) is 11.6. The summed E-state index contributed by atoms with van der Waals surface area (Å²) in [5, 5.41) is 0. The first-order valence-electron chi connectivity index (χ1n) is 14.5. The predicted molar refractivity (Wildman–Crippen MR) is 154 cm³/mol. The van der Waals surface area contributed by atoms with Crippen molar-refractivity contribution in [1.29, 1.82) is 0 Å². The van der Waals surface area contributed by atoms with Crippen molar-refractivity contribution in [3.63, 3.8) is 0 Å². The van der Waals surface area contributed by atoms with E-state index in [4.69, 9.17) is 9.47 Å². The van der Waals surface area contributed by atoms with Gasteiger partial charge in [0.25, 0.3) is 0 Å². The Balaban J connectivity index is 1.72. The van der Waals surface area contributed by atoms with Gasteiger partial charge in [-0.1, -0.05) is 70.7 Å². The molecule has 2 aromatic rings. The van der Waals surface area contributed by atoms with Crippen LogP contribution in [0.1, 0.15) is 89.2 Å². The summed E-state index contributed by atoms with van der Waals surface area (Å²) in [6, 6.07) is 12.9. The number of hydrogen-bond acceptors (Lipinski definition) is 4. The van der Waals surface area contributed by atoms with E-state index in [1.165, 1.54) is 37.0 Å². The van der Waals surface area contributed by atoms with Crippen molar-refractivity contribution in [3.8, 4) is 11.5 Å². The molecule has 0 saturated carbocycles. The summed E-state index contributed by atoms with van der Waals surface area (Å²) in [6.45, 7) is 9.44. The Morgan fingerprint density at radius 2 is 1.74 bits per heavy atom. The van der Waals surface area contributed by atoms with E-state index in [0.717, 1.165) is 68.8 Å². The lowest BCUT2D eigenvalue weighted by atomic mass is 9.72. The fourth-order valence-electron chi connectivity index (χ4n) is 5.86. The molecule has 0 aromatic heterocycles. The average molecular weight is 526 g/mol. The van der Waals surface area contributed by atoms with Crippen LogP contribution in [0.4, 0.5) is 4.39 Å². The topological polar surface area (TPSA) is 38.8 Å². The number of benzene rings is 2. The van der Waals surface area contributed by atoms with Crippen LogP contribution in [0.3, 0.4) is 0 Å². The smallest absolute Gasteiger partial charge is 0.164 e. The fraction of sp³-hybridized carbons (Fsp3) is 0.606. The largest absolute Gasteiger partial charge is 0.493 e. The molecule has 0 bridgehead atoms. The summed E-state index contributed by atoms with van der Waals surface area (Å²) >= 11 is 0. The minimum atomic E-state index is -0.325. The molecule has 0 amide bonds. The summed E-state index contributed by atoms with van der Waals surface area (Å²) in [4.78, 5) is 16.2. The SMILES string of the molecule is CCCCCCC(C)(C)C(=O)C[C@@H](c1cccc(OC)c1OC)C1CCN(CCc2ccc(F)cc2)CC1. The van der Waals surface area contributed by atoms with Crippen molar-refractivity contribution in [2.75, 3.05) is 33.9 Å². The number of para-hydroxylation sites is 1. The molecule has 0 N–H and O–H groups in total. The number of rotatable bonds is 15. The molecule has 0 unspecified atom stereocenters. The third-order valence-corrected chi connectivity index (χ3v) is 8.48. The third kappa shape index (κ3) is 8.30. The molecular formula is C33H48FNO3. The number of ketones is 1. The molecule has 1 fully saturated rings. The van der Waals surface area contributed by atoms with E-state index in [-0.39, 0.29) is 17.2 Å². The molecule has 0 aliphatic carbocycles. The lowest BCUT2D eigenvalue weighted by Gasteiger charge is -2.37. The number of hydrogen-bond donors (Lipinski definition) is 0. The highest BCUT2D eigenvalue weighted by Gasteiger charge is 2.36. The number of carbonyl (C=O) groups is 1. The van der Waals surface area contributed by atoms with Gasteiger partial charge in [0.2, 0.25) is 0 Å². The van der Waals surface area contributed by atoms with E-state index >= 15 is 0 Å². The Morgan fingerprint density at radius 3 is 2.37 bits per heavy atom. The zero-order valence-corrected chi connectivity index (χ0v) is 24.2. The second kappa shape index (κ2) is 14.7. The van der Waals surface area contributed by atoms with Gasteiger partial charge in [-0.15, -0.1) is 0 Å². The predicted octanol–water partition coefficient (Wildman–Crippen LogP) is 7.84. The lowest BCUT2D eigenvalue weighted by molar-refractivity contribution is -0.128. The molecule has 38 heavy (non-hydrogen) atoms. The minimum absolute atomic E-state index is 0.0988. The quantitative estimate of drug-likeness (QED) is 0.222. The number of nitrogens with zero attached hydrogens (tertiary/aromatic N) is 1. The maximum absolute atomic E-state index is 13.7. The van der Waals surface area contributed by atoms with Crippen LogP contribution in [0, 0.1) is 17.2 Å². The van der Waals surface area contributed by atoms with Crippen molar-refractivity contribution in [3.05, 3.63) is 59.4 Å². The van der Waals surface area contributed by atoms with Crippen molar-refractivity contribution >= 4 is 5.78 Å². The van der Waals surface area contributed by atoms with Crippen LogP contribution in [0.25, 0.3) is 0 Å². The number of halogens is 1. The first-order valence-corrected chi connectivity index (χ1v) is 14.5. The molecule has 5 heteroatoms. The van der Waals surface area contributed by atoms with Gasteiger partial charge < -0.3 is 14.4 Å². The van der Waals surface area contributed by atoms with E-state index in [9.17, 15) is 9.18 Å².